The second-order valence-electron chi connectivity index (χ2n) is 6.71. The van der Waals surface area contributed by atoms with E-state index in [-0.39, 0.29) is 12.0 Å². The van der Waals surface area contributed by atoms with E-state index in [4.69, 9.17) is 4.74 Å². The van der Waals surface area contributed by atoms with E-state index in [1.165, 1.54) is 4.31 Å². The van der Waals surface area contributed by atoms with Crippen LogP contribution in [-0.4, -0.2) is 44.4 Å². The van der Waals surface area contributed by atoms with Gasteiger partial charge in [-0.25, -0.2) is 8.42 Å². The molecule has 0 aromatic heterocycles. The molecule has 2 heterocycles. The maximum Gasteiger partial charge on any atom is 0.243 e. The van der Waals surface area contributed by atoms with Gasteiger partial charge in [0.1, 0.15) is 0 Å². The van der Waals surface area contributed by atoms with E-state index in [2.05, 4.69) is 5.32 Å². The van der Waals surface area contributed by atoms with E-state index in [9.17, 15) is 13.2 Å². The molecule has 0 radical (unpaired) electrons. The molecule has 1 aromatic carbocycles. The smallest absolute Gasteiger partial charge is 0.243 e. The molecule has 138 valence electrons. The highest BCUT2D eigenvalue weighted by molar-refractivity contribution is 7.89. The van der Waals surface area contributed by atoms with Crippen LogP contribution in [0, 0.1) is 0 Å². The van der Waals surface area contributed by atoms with Gasteiger partial charge in [-0.05, 0) is 49.8 Å². The van der Waals surface area contributed by atoms with Gasteiger partial charge < -0.3 is 10.1 Å². The van der Waals surface area contributed by atoms with Crippen molar-refractivity contribution in [2.24, 2.45) is 0 Å². The van der Waals surface area contributed by atoms with Crippen LogP contribution < -0.4 is 5.32 Å². The number of amides is 1. The van der Waals surface area contributed by atoms with Crippen LogP contribution in [0.15, 0.2) is 29.2 Å². The van der Waals surface area contributed by atoms with Crippen LogP contribution in [0.2, 0.25) is 0 Å². The Morgan fingerprint density at radius 3 is 2.52 bits per heavy atom. The fourth-order valence-corrected chi connectivity index (χ4v) is 4.83. The van der Waals surface area contributed by atoms with Gasteiger partial charge in [-0.3, -0.25) is 4.79 Å². The minimum atomic E-state index is -3.37. The van der Waals surface area contributed by atoms with Gasteiger partial charge in [-0.2, -0.15) is 4.31 Å². The first kappa shape index (κ1) is 18.4. The van der Waals surface area contributed by atoms with Crippen molar-refractivity contribution in [3.63, 3.8) is 0 Å². The summed E-state index contributed by atoms with van der Waals surface area (Å²) in [6, 6.07) is 6.79. The average Bonchev–Trinajstić information content (AvgIpc) is 3.32. The second kappa shape index (κ2) is 8.29. The maximum absolute atomic E-state index is 12.5. The van der Waals surface area contributed by atoms with Crippen molar-refractivity contribution in [1.82, 2.24) is 9.62 Å². The Labute approximate surface area is 149 Å². The summed E-state index contributed by atoms with van der Waals surface area (Å²) in [6.07, 6.45) is 5.43. The summed E-state index contributed by atoms with van der Waals surface area (Å²) in [5.41, 5.74) is 0.894. The maximum atomic E-state index is 12.5. The number of benzene rings is 1. The topological polar surface area (TPSA) is 75.7 Å². The third kappa shape index (κ3) is 4.80. The fraction of sp³-hybridized carbons (Fsp3) is 0.611. The molecule has 25 heavy (non-hydrogen) atoms. The molecule has 7 heteroatoms. The molecule has 0 saturated carbocycles. The largest absolute Gasteiger partial charge is 0.378 e. The standard InChI is InChI=1S/C18H26N2O4S/c21-18(10-7-16-4-3-13-24-16)19-14-15-5-8-17(9-6-15)25(22,23)20-11-1-2-12-20/h5-6,8-9,16H,1-4,7,10-14H2,(H,19,21). The normalized spacial score (nSPS) is 21.5. The first-order chi connectivity index (χ1) is 12.1. The zero-order valence-corrected chi connectivity index (χ0v) is 15.3. The highest BCUT2D eigenvalue weighted by Crippen LogP contribution is 2.21. The van der Waals surface area contributed by atoms with Crippen molar-refractivity contribution >= 4 is 15.9 Å². The van der Waals surface area contributed by atoms with Gasteiger partial charge in [-0.15, -0.1) is 0 Å². The zero-order valence-electron chi connectivity index (χ0n) is 14.4. The number of rotatable bonds is 7. The summed E-state index contributed by atoms with van der Waals surface area (Å²) in [5.74, 6) is 0.00395. The molecule has 1 atom stereocenters. The Morgan fingerprint density at radius 2 is 1.88 bits per heavy atom. The third-order valence-electron chi connectivity index (χ3n) is 4.83. The zero-order chi connectivity index (χ0) is 17.7. The fourth-order valence-electron chi connectivity index (χ4n) is 3.31. The molecule has 2 fully saturated rings. The number of carbonyl (C=O) groups is 1. The quantitative estimate of drug-likeness (QED) is 0.801. The summed E-state index contributed by atoms with van der Waals surface area (Å²) >= 11 is 0. The van der Waals surface area contributed by atoms with Gasteiger partial charge in [0.25, 0.3) is 0 Å². The van der Waals surface area contributed by atoms with Crippen molar-refractivity contribution in [2.75, 3.05) is 19.7 Å². The number of nitrogens with one attached hydrogen (secondary N) is 1. The van der Waals surface area contributed by atoms with Crippen LogP contribution in [0.1, 0.15) is 44.1 Å². The first-order valence-electron chi connectivity index (χ1n) is 9.03. The summed E-state index contributed by atoms with van der Waals surface area (Å²) in [5, 5.41) is 2.88. The molecule has 0 aliphatic carbocycles. The van der Waals surface area contributed by atoms with Gasteiger partial charge in [0, 0.05) is 32.7 Å². The molecule has 1 aromatic rings. The Hall–Kier alpha value is -1.44. The minimum absolute atomic E-state index is 0.00395. The van der Waals surface area contributed by atoms with Crippen LogP contribution in [0.25, 0.3) is 0 Å². The molecule has 0 spiro atoms. The van der Waals surface area contributed by atoms with E-state index >= 15 is 0 Å². The Balaban J connectivity index is 1.48. The Bertz CT molecular complexity index is 676. The molecule has 0 bridgehead atoms. The van der Waals surface area contributed by atoms with Crippen molar-refractivity contribution in [2.45, 2.75) is 56.1 Å². The van der Waals surface area contributed by atoms with Gasteiger partial charge in [0.2, 0.25) is 15.9 Å². The lowest BCUT2D eigenvalue weighted by Crippen LogP contribution is -2.28. The summed E-state index contributed by atoms with van der Waals surface area (Å²) < 4.78 is 32.0. The SMILES string of the molecule is O=C(CCC1CCCO1)NCc1ccc(S(=O)(=O)N2CCCC2)cc1. The molecule has 1 amide bonds. The van der Waals surface area contributed by atoms with Gasteiger partial charge in [0.15, 0.2) is 0 Å². The highest BCUT2D eigenvalue weighted by Gasteiger charge is 2.26. The van der Waals surface area contributed by atoms with Crippen LogP contribution in [0.3, 0.4) is 0 Å². The van der Waals surface area contributed by atoms with Crippen molar-refractivity contribution < 1.29 is 17.9 Å². The first-order valence-corrected chi connectivity index (χ1v) is 10.5. The number of sulfonamides is 1. The van der Waals surface area contributed by atoms with Crippen LogP contribution in [-0.2, 0) is 26.1 Å². The minimum Gasteiger partial charge on any atom is -0.378 e. The van der Waals surface area contributed by atoms with Gasteiger partial charge in [0.05, 0.1) is 11.0 Å². The van der Waals surface area contributed by atoms with Crippen molar-refractivity contribution in [1.29, 1.82) is 0 Å². The number of hydrogen-bond donors (Lipinski definition) is 1. The number of ether oxygens (including phenoxy) is 1. The van der Waals surface area contributed by atoms with E-state index < -0.39 is 10.0 Å². The molecular formula is C18H26N2O4S. The lowest BCUT2D eigenvalue weighted by atomic mass is 10.1. The van der Waals surface area contributed by atoms with Crippen LogP contribution in [0.4, 0.5) is 0 Å². The molecule has 2 aliphatic rings. The summed E-state index contributed by atoms with van der Waals surface area (Å²) in [6.45, 7) is 2.42. The lowest BCUT2D eigenvalue weighted by Gasteiger charge is -2.15. The molecule has 2 aliphatic heterocycles. The Morgan fingerprint density at radius 1 is 1.16 bits per heavy atom. The predicted molar refractivity (Wildman–Crippen MR) is 94.5 cm³/mol. The highest BCUT2D eigenvalue weighted by atomic mass is 32.2. The Kier molecular flexibility index (Phi) is 6.09. The van der Waals surface area contributed by atoms with E-state index in [1.807, 2.05) is 0 Å². The monoisotopic (exact) mass is 366 g/mol. The van der Waals surface area contributed by atoms with Crippen LogP contribution in [0.5, 0.6) is 0 Å². The van der Waals surface area contributed by atoms with Gasteiger partial charge >= 0.3 is 0 Å². The predicted octanol–water partition coefficient (Wildman–Crippen LogP) is 2.05. The lowest BCUT2D eigenvalue weighted by molar-refractivity contribution is -0.121. The number of carbonyl (C=O) groups excluding carboxylic acids is 1. The molecule has 2 saturated heterocycles. The third-order valence-corrected chi connectivity index (χ3v) is 6.75. The molecule has 1 unspecified atom stereocenters. The molecule has 6 nitrogen and oxygen atoms in total. The molecule has 1 N–H and O–H groups in total. The molecule has 3 rings (SSSR count). The van der Waals surface area contributed by atoms with Crippen molar-refractivity contribution in [3.05, 3.63) is 29.8 Å². The molecular weight excluding hydrogens is 340 g/mol. The van der Waals surface area contributed by atoms with Crippen LogP contribution >= 0.6 is 0 Å². The number of nitrogens with zero attached hydrogens (tertiary/aromatic N) is 1. The van der Waals surface area contributed by atoms with E-state index in [0.717, 1.165) is 44.3 Å². The van der Waals surface area contributed by atoms with E-state index in [0.29, 0.717) is 31.0 Å². The summed E-state index contributed by atoms with van der Waals surface area (Å²) in [4.78, 5) is 12.2. The number of hydrogen-bond acceptors (Lipinski definition) is 4. The summed E-state index contributed by atoms with van der Waals surface area (Å²) in [7, 11) is -3.37. The van der Waals surface area contributed by atoms with Crippen molar-refractivity contribution in [3.8, 4) is 0 Å². The van der Waals surface area contributed by atoms with Gasteiger partial charge in [-0.1, -0.05) is 12.1 Å². The van der Waals surface area contributed by atoms with E-state index in [1.54, 1.807) is 24.3 Å². The second-order valence-corrected chi connectivity index (χ2v) is 8.64. The average molecular weight is 366 g/mol.